The largest absolute Gasteiger partial charge is 0.399 e. The van der Waals surface area contributed by atoms with Crippen molar-refractivity contribution in [3.63, 3.8) is 0 Å². The van der Waals surface area contributed by atoms with E-state index in [2.05, 4.69) is 13.8 Å². The molecule has 0 aliphatic carbocycles. The molecule has 0 aromatic heterocycles. The number of hydrogen-bond acceptors (Lipinski definition) is 2. The lowest BCUT2D eigenvalue weighted by Crippen LogP contribution is -2.31. The van der Waals surface area contributed by atoms with E-state index in [0.717, 1.165) is 37.9 Å². The molecule has 100 valence electrons. The predicted molar refractivity (Wildman–Crippen MR) is 77.6 cm³/mol. The number of rotatable bonds is 7. The molecule has 2 N–H and O–H groups in total. The van der Waals surface area contributed by atoms with Gasteiger partial charge in [0, 0.05) is 24.3 Å². The second-order valence-electron chi connectivity index (χ2n) is 4.60. The molecule has 0 fully saturated rings. The van der Waals surface area contributed by atoms with Gasteiger partial charge in [0.1, 0.15) is 0 Å². The molecule has 0 saturated carbocycles. The summed E-state index contributed by atoms with van der Waals surface area (Å²) in [6.45, 7) is 4.99. The first kappa shape index (κ1) is 14.6. The minimum absolute atomic E-state index is 0.205. The van der Waals surface area contributed by atoms with E-state index in [4.69, 9.17) is 5.73 Å². The van der Waals surface area contributed by atoms with Gasteiger partial charge < -0.3 is 10.6 Å². The van der Waals surface area contributed by atoms with E-state index in [-0.39, 0.29) is 5.91 Å². The summed E-state index contributed by atoms with van der Waals surface area (Å²) >= 11 is 0. The van der Waals surface area contributed by atoms with Crippen LogP contribution in [-0.4, -0.2) is 12.5 Å². The fraction of sp³-hybridized carbons (Fsp3) is 0.533. The Hall–Kier alpha value is -1.51. The second-order valence-corrected chi connectivity index (χ2v) is 4.60. The first-order chi connectivity index (χ1) is 8.69. The van der Waals surface area contributed by atoms with Crippen LogP contribution in [0.2, 0.25) is 0 Å². The van der Waals surface area contributed by atoms with Crippen molar-refractivity contribution in [2.45, 2.75) is 46.0 Å². The van der Waals surface area contributed by atoms with Gasteiger partial charge in [0.25, 0.3) is 0 Å². The lowest BCUT2D eigenvalue weighted by Gasteiger charge is -2.22. The molecule has 3 nitrogen and oxygen atoms in total. The van der Waals surface area contributed by atoms with Gasteiger partial charge in [0.2, 0.25) is 5.91 Å². The molecule has 0 unspecified atom stereocenters. The van der Waals surface area contributed by atoms with E-state index in [1.165, 1.54) is 0 Å². The molecular formula is C15H24N2O. The maximum absolute atomic E-state index is 12.2. The van der Waals surface area contributed by atoms with Crippen LogP contribution in [0.1, 0.15) is 46.0 Å². The quantitative estimate of drug-likeness (QED) is 0.592. The van der Waals surface area contributed by atoms with Crippen LogP contribution in [0, 0.1) is 0 Å². The minimum Gasteiger partial charge on any atom is -0.399 e. The Labute approximate surface area is 110 Å². The third-order valence-electron chi connectivity index (χ3n) is 2.92. The number of carbonyl (C=O) groups is 1. The van der Waals surface area contributed by atoms with Crippen LogP contribution < -0.4 is 10.6 Å². The van der Waals surface area contributed by atoms with Crippen molar-refractivity contribution < 1.29 is 4.79 Å². The average molecular weight is 248 g/mol. The highest BCUT2D eigenvalue weighted by Crippen LogP contribution is 2.19. The van der Waals surface area contributed by atoms with Crippen molar-refractivity contribution in [1.29, 1.82) is 0 Å². The number of unbranched alkanes of at least 4 members (excludes halogenated alkanes) is 2. The summed E-state index contributed by atoms with van der Waals surface area (Å²) in [5.41, 5.74) is 7.40. The summed E-state index contributed by atoms with van der Waals surface area (Å²) in [5.74, 6) is 0.205. The Morgan fingerprint density at radius 2 is 2.00 bits per heavy atom. The third kappa shape index (κ3) is 4.40. The van der Waals surface area contributed by atoms with Gasteiger partial charge in [0.15, 0.2) is 0 Å². The molecular weight excluding hydrogens is 224 g/mol. The van der Waals surface area contributed by atoms with E-state index in [0.29, 0.717) is 12.1 Å². The average Bonchev–Trinajstić information content (AvgIpc) is 2.36. The Bertz CT molecular complexity index is 377. The molecule has 0 spiro atoms. The normalized spacial score (nSPS) is 10.3. The zero-order valence-corrected chi connectivity index (χ0v) is 11.5. The molecule has 1 rings (SSSR count). The SMILES string of the molecule is CCCCCC(=O)N(CCC)c1cccc(N)c1. The monoisotopic (exact) mass is 248 g/mol. The summed E-state index contributed by atoms with van der Waals surface area (Å²) in [6, 6.07) is 7.55. The maximum atomic E-state index is 12.2. The van der Waals surface area contributed by atoms with Gasteiger partial charge in [-0.1, -0.05) is 32.8 Å². The number of nitrogen functional groups attached to an aromatic ring is 1. The van der Waals surface area contributed by atoms with Crippen molar-refractivity contribution in [2.75, 3.05) is 17.2 Å². The van der Waals surface area contributed by atoms with E-state index >= 15 is 0 Å². The molecule has 0 atom stereocenters. The summed E-state index contributed by atoms with van der Waals surface area (Å²) in [4.78, 5) is 14.1. The van der Waals surface area contributed by atoms with Crippen LogP contribution in [0.3, 0.4) is 0 Å². The van der Waals surface area contributed by atoms with E-state index in [1.807, 2.05) is 29.2 Å². The first-order valence-corrected chi connectivity index (χ1v) is 6.85. The molecule has 0 heterocycles. The molecule has 1 aromatic carbocycles. The van der Waals surface area contributed by atoms with Gasteiger partial charge in [-0.2, -0.15) is 0 Å². The van der Waals surface area contributed by atoms with E-state index in [1.54, 1.807) is 0 Å². The molecule has 0 bridgehead atoms. The molecule has 3 heteroatoms. The molecule has 0 radical (unpaired) electrons. The number of hydrogen-bond donors (Lipinski definition) is 1. The fourth-order valence-electron chi connectivity index (χ4n) is 1.98. The summed E-state index contributed by atoms with van der Waals surface area (Å²) in [5, 5.41) is 0. The van der Waals surface area contributed by atoms with E-state index < -0.39 is 0 Å². The second kappa shape index (κ2) is 7.75. The Morgan fingerprint density at radius 1 is 1.22 bits per heavy atom. The molecule has 0 aliphatic rings. The highest BCUT2D eigenvalue weighted by atomic mass is 16.2. The zero-order valence-electron chi connectivity index (χ0n) is 11.5. The molecule has 0 aliphatic heterocycles. The van der Waals surface area contributed by atoms with Crippen LogP contribution >= 0.6 is 0 Å². The van der Waals surface area contributed by atoms with Gasteiger partial charge in [0.05, 0.1) is 0 Å². The molecule has 1 amide bonds. The van der Waals surface area contributed by atoms with Crippen molar-refractivity contribution in [3.8, 4) is 0 Å². The molecule has 18 heavy (non-hydrogen) atoms. The number of amides is 1. The van der Waals surface area contributed by atoms with Crippen LogP contribution in [-0.2, 0) is 4.79 Å². The zero-order chi connectivity index (χ0) is 13.4. The molecule has 0 saturated heterocycles. The van der Waals surface area contributed by atoms with Gasteiger partial charge in [-0.15, -0.1) is 0 Å². The van der Waals surface area contributed by atoms with Gasteiger partial charge in [-0.05, 0) is 31.0 Å². The van der Waals surface area contributed by atoms with E-state index in [9.17, 15) is 4.79 Å². The Balaban J connectivity index is 2.72. The van der Waals surface area contributed by atoms with Crippen LogP contribution in [0.4, 0.5) is 11.4 Å². The standard InChI is InChI=1S/C15H24N2O/c1-3-5-6-10-15(18)17(11-4-2)14-9-7-8-13(16)12-14/h7-9,12H,3-6,10-11,16H2,1-2H3. The van der Waals surface area contributed by atoms with Crippen LogP contribution in [0.5, 0.6) is 0 Å². The summed E-state index contributed by atoms with van der Waals surface area (Å²) < 4.78 is 0. The number of nitrogens with two attached hydrogens (primary N) is 1. The highest BCUT2D eigenvalue weighted by molar-refractivity contribution is 5.93. The topological polar surface area (TPSA) is 46.3 Å². The maximum Gasteiger partial charge on any atom is 0.226 e. The van der Waals surface area contributed by atoms with Crippen molar-refractivity contribution >= 4 is 17.3 Å². The highest BCUT2D eigenvalue weighted by Gasteiger charge is 2.14. The van der Waals surface area contributed by atoms with Gasteiger partial charge in [-0.25, -0.2) is 0 Å². The van der Waals surface area contributed by atoms with Crippen molar-refractivity contribution in [3.05, 3.63) is 24.3 Å². The number of benzene rings is 1. The lowest BCUT2D eigenvalue weighted by atomic mass is 10.1. The number of anilines is 2. The minimum atomic E-state index is 0.205. The molecule has 1 aromatic rings. The smallest absolute Gasteiger partial charge is 0.226 e. The summed E-state index contributed by atoms with van der Waals surface area (Å²) in [6.07, 6.45) is 4.80. The van der Waals surface area contributed by atoms with Gasteiger partial charge >= 0.3 is 0 Å². The predicted octanol–water partition coefficient (Wildman–Crippen LogP) is 3.59. The van der Waals surface area contributed by atoms with Crippen molar-refractivity contribution in [1.82, 2.24) is 0 Å². The Kier molecular flexibility index (Phi) is 6.26. The summed E-state index contributed by atoms with van der Waals surface area (Å²) in [7, 11) is 0. The fourth-order valence-corrected chi connectivity index (χ4v) is 1.98. The first-order valence-electron chi connectivity index (χ1n) is 6.85. The van der Waals surface area contributed by atoms with Crippen LogP contribution in [0.15, 0.2) is 24.3 Å². The van der Waals surface area contributed by atoms with Crippen LogP contribution in [0.25, 0.3) is 0 Å². The third-order valence-corrected chi connectivity index (χ3v) is 2.92. The number of carbonyl (C=O) groups excluding carboxylic acids is 1. The number of nitrogens with zero attached hydrogens (tertiary/aromatic N) is 1. The van der Waals surface area contributed by atoms with Crippen molar-refractivity contribution in [2.24, 2.45) is 0 Å². The Morgan fingerprint density at radius 3 is 2.61 bits per heavy atom. The van der Waals surface area contributed by atoms with Gasteiger partial charge in [-0.3, -0.25) is 4.79 Å². The lowest BCUT2D eigenvalue weighted by molar-refractivity contribution is -0.118.